The summed E-state index contributed by atoms with van der Waals surface area (Å²) >= 11 is 1.41. The first kappa shape index (κ1) is 19.1. The Kier molecular flexibility index (Phi) is 5.66. The first-order valence-electron chi connectivity index (χ1n) is 9.16. The van der Waals surface area contributed by atoms with Gasteiger partial charge in [0.1, 0.15) is 34.2 Å². The molecule has 0 saturated heterocycles. The predicted octanol–water partition coefficient (Wildman–Crippen LogP) is 6.07. The van der Waals surface area contributed by atoms with Crippen molar-refractivity contribution in [1.82, 2.24) is 4.98 Å². The van der Waals surface area contributed by atoms with Crippen LogP contribution < -0.4 is 0 Å². The van der Waals surface area contributed by atoms with Crippen LogP contribution in [0.3, 0.4) is 0 Å². The van der Waals surface area contributed by atoms with Crippen molar-refractivity contribution >= 4 is 35.0 Å². The Labute approximate surface area is 178 Å². The van der Waals surface area contributed by atoms with Crippen molar-refractivity contribution in [2.24, 2.45) is 0 Å². The van der Waals surface area contributed by atoms with E-state index in [1.54, 1.807) is 12.3 Å². The number of aromatic nitrogens is 1. The molecule has 3 aromatic rings. The molecule has 1 aliphatic heterocycles. The van der Waals surface area contributed by atoms with E-state index in [9.17, 15) is 0 Å². The lowest BCUT2D eigenvalue weighted by Gasteiger charge is -2.19. The summed E-state index contributed by atoms with van der Waals surface area (Å²) in [6.45, 7) is 0. The van der Waals surface area contributed by atoms with Crippen molar-refractivity contribution in [2.75, 3.05) is 0 Å². The van der Waals surface area contributed by atoms with E-state index in [1.807, 2.05) is 91.0 Å². The maximum Gasteiger partial charge on any atom is 0.135 e. The van der Waals surface area contributed by atoms with E-state index in [0.29, 0.717) is 0 Å². The summed E-state index contributed by atoms with van der Waals surface area (Å²) < 4.78 is 6.20. The molecule has 0 amide bonds. The number of rotatable bonds is 4. The highest BCUT2D eigenvalue weighted by Crippen LogP contribution is 2.33. The van der Waals surface area contributed by atoms with Crippen LogP contribution in [0, 0.1) is 22.7 Å². The highest BCUT2D eigenvalue weighted by molar-refractivity contribution is 7.13. The Morgan fingerprint density at radius 3 is 1.97 bits per heavy atom. The summed E-state index contributed by atoms with van der Waals surface area (Å²) in [6.07, 6.45) is 9.13. The molecule has 2 heterocycles. The molecular formula is C25H15N3OS. The maximum atomic E-state index is 8.93. The van der Waals surface area contributed by atoms with E-state index < -0.39 is 0 Å². The van der Waals surface area contributed by atoms with Crippen LogP contribution in [0.25, 0.3) is 23.7 Å². The fourth-order valence-electron chi connectivity index (χ4n) is 2.90. The lowest BCUT2D eigenvalue weighted by molar-refractivity contribution is 0.467. The molecule has 0 radical (unpaired) electrons. The third-order valence-electron chi connectivity index (χ3n) is 4.29. The molecule has 0 aliphatic carbocycles. The molecule has 0 atom stereocenters. The van der Waals surface area contributed by atoms with E-state index >= 15 is 0 Å². The monoisotopic (exact) mass is 405 g/mol. The first-order chi connectivity index (χ1) is 14.7. The number of benzene rings is 2. The smallest absolute Gasteiger partial charge is 0.135 e. The Hall–Kier alpha value is -4.19. The lowest BCUT2D eigenvalue weighted by Crippen LogP contribution is -1.99. The minimum Gasteiger partial charge on any atom is -0.456 e. The predicted molar refractivity (Wildman–Crippen MR) is 119 cm³/mol. The van der Waals surface area contributed by atoms with Gasteiger partial charge in [-0.05, 0) is 29.9 Å². The van der Waals surface area contributed by atoms with Gasteiger partial charge in [-0.25, -0.2) is 4.98 Å². The molecule has 5 heteroatoms. The maximum absolute atomic E-state index is 8.93. The molecule has 4 rings (SSSR count). The fourth-order valence-corrected chi connectivity index (χ4v) is 3.73. The second-order valence-electron chi connectivity index (χ2n) is 6.38. The SMILES string of the molecule is N#CC(C#N)=Cc1cnc(C=C2C=C(c3ccccc3)OC(c3ccccc3)=C2)s1. The molecular weight excluding hydrogens is 390 g/mol. The highest BCUT2D eigenvalue weighted by atomic mass is 32.1. The molecule has 1 aromatic heterocycles. The van der Waals surface area contributed by atoms with Gasteiger partial charge in [0, 0.05) is 22.2 Å². The Morgan fingerprint density at radius 1 is 0.867 bits per heavy atom. The Bertz CT molecular complexity index is 1190. The van der Waals surface area contributed by atoms with Crippen LogP contribution >= 0.6 is 11.3 Å². The van der Waals surface area contributed by atoms with E-state index in [0.717, 1.165) is 38.1 Å². The summed E-state index contributed by atoms with van der Waals surface area (Å²) in [5.41, 5.74) is 2.98. The van der Waals surface area contributed by atoms with Crippen molar-refractivity contribution in [3.05, 3.63) is 111 Å². The Balaban J connectivity index is 1.73. The standard InChI is InChI=1S/C25H15N3OS/c26-15-19(16-27)11-22-17-28-25(30-22)14-18-12-23(20-7-3-1-4-8-20)29-24(13-18)21-9-5-2-6-10-21/h1-14,17H. The molecule has 4 nitrogen and oxygen atoms in total. The van der Waals surface area contributed by atoms with Gasteiger partial charge in [0.2, 0.25) is 0 Å². The van der Waals surface area contributed by atoms with Crippen molar-refractivity contribution in [1.29, 1.82) is 10.5 Å². The van der Waals surface area contributed by atoms with Crippen LogP contribution in [0.1, 0.15) is 21.0 Å². The highest BCUT2D eigenvalue weighted by Gasteiger charge is 2.15. The van der Waals surface area contributed by atoms with Gasteiger partial charge in [0.05, 0.1) is 0 Å². The van der Waals surface area contributed by atoms with E-state index in [2.05, 4.69) is 4.98 Å². The second kappa shape index (κ2) is 8.87. The van der Waals surface area contributed by atoms with Crippen molar-refractivity contribution in [3.8, 4) is 12.1 Å². The zero-order valence-corrected chi connectivity index (χ0v) is 16.6. The van der Waals surface area contributed by atoms with Crippen LogP contribution in [0.2, 0.25) is 0 Å². The lowest BCUT2D eigenvalue weighted by atomic mass is 10.0. The number of hydrogen-bond donors (Lipinski definition) is 0. The number of thiazole rings is 1. The van der Waals surface area contributed by atoms with Crippen LogP contribution in [-0.2, 0) is 4.74 Å². The number of nitrogens with zero attached hydrogens (tertiary/aromatic N) is 3. The minimum absolute atomic E-state index is 0.0569. The average Bonchev–Trinajstić information content (AvgIpc) is 3.25. The van der Waals surface area contributed by atoms with Gasteiger partial charge in [-0.3, -0.25) is 0 Å². The summed E-state index contributed by atoms with van der Waals surface area (Å²) in [5.74, 6) is 1.52. The van der Waals surface area contributed by atoms with E-state index in [-0.39, 0.29) is 5.57 Å². The zero-order valence-electron chi connectivity index (χ0n) is 15.8. The molecule has 142 valence electrons. The van der Waals surface area contributed by atoms with E-state index in [4.69, 9.17) is 15.3 Å². The number of ether oxygens (including phenoxy) is 1. The zero-order chi connectivity index (χ0) is 20.8. The molecule has 0 fully saturated rings. The summed E-state index contributed by atoms with van der Waals surface area (Å²) in [7, 11) is 0. The van der Waals surface area contributed by atoms with Crippen molar-refractivity contribution < 1.29 is 4.74 Å². The topological polar surface area (TPSA) is 69.7 Å². The van der Waals surface area contributed by atoms with Gasteiger partial charge in [-0.2, -0.15) is 10.5 Å². The fraction of sp³-hybridized carbons (Fsp3) is 0. The third kappa shape index (κ3) is 4.44. The minimum atomic E-state index is 0.0569. The molecule has 0 bridgehead atoms. The van der Waals surface area contributed by atoms with Crippen LogP contribution in [0.15, 0.2) is 90.2 Å². The second-order valence-corrected chi connectivity index (χ2v) is 7.47. The number of nitriles is 2. The van der Waals surface area contributed by atoms with Gasteiger partial charge in [-0.1, -0.05) is 60.7 Å². The number of allylic oxidation sites excluding steroid dienone is 4. The van der Waals surface area contributed by atoms with Gasteiger partial charge in [0.25, 0.3) is 0 Å². The van der Waals surface area contributed by atoms with Crippen LogP contribution in [-0.4, -0.2) is 4.98 Å². The molecule has 1 aliphatic rings. The summed E-state index contributed by atoms with van der Waals surface area (Å²) in [5, 5.41) is 18.6. The van der Waals surface area contributed by atoms with E-state index in [1.165, 1.54) is 11.3 Å². The number of hydrogen-bond acceptors (Lipinski definition) is 5. The van der Waals surface area contributed by atoms with Gasteiger partial charge < -0.3 is 4.74 Å². The van der Waals surface area contributed by atoms with Crippen molar-refractivity contribution in [3.63, 3.8) is 0 Å². The first-order valence-corrected chi connectivity index (χ1v) is 9.98. The van der Waals surface area contributed by atoms with Gasteiger partial charge in [0.15, 0.2) is 0 Å². The van der Waals surface area contributed by atoms with Gasteiger partial charge in [-0.15, -0.1) is 11.3 Å². The Morgan fingerprint density at radius 2 is 1.43 bits per heavy atom. The molecule has 0 spiro atoms. The largest absolute Gasteiger partial charge is 0.456 e. The normalized spacial score (nSPS) is 12.5. The van der Waals surface area contributed by atoms with Crippen LogP contribution in [0.5, 0.6) is 0 Å². The summed E-state index contributed by atoms with van der Waals surface area (Å²) in [6, 6.07) is 23.6. The third-order valence-corrected chi connectivity index (χ3v) is 5.18. The molecule has 30 heavy (non-hydrogen) atoms. The quantitative estimate of drug-likeness (QED) is 0.494. The molecule has 0 unspecified atom stereocenters. The molecule has 0 N–H and O–H groups in total. The van der Waals surface area contributed by atoms with Crippen LogP contribution in [0.4, 0.5) is 0 Å². The van der Waals surface area contributed by atoms with Gasteiger partial charge >= 0.3 is 0 Å². The molecule has 0 saturated carbocycles. The van der Waals surface area contributed by atoms with Crippen molar-refractivity contribution in [2.45, 2.75) is 0 Å². The average molecular weight is 405 g/mol. The molecule has 2 aromatic carbocycles. The summed E-state index contributed by atoms with van der Waals surface area (Å²) in [4.78, 5) is 5.16.